The predicted molar refractivity (Wildman–Crippen MR) is 251 cm³/mol. The maximum atomic E-state index is 5.76. The van der Waals surface area contributed by atoms with Crippen molar-refractivity contribution in [2.75, 3.05) is 0 Å². The molecule has 8 rings (SSSR count). The van der Waals surface area contributed by atoms with Gasteiger partial charge in [0.2, 0.25) is 0 Å². The quantitative estimate of drug-likeness (QED) is 0.104. The Labute approximate surface area is 357 Å². The van der Waals surface area contributed by atoms with Gasteiger partial charge in [-0.15, -0.1) is 0 Å². The second-order valence-corrected chi connectivity index (χ2v) is 21.8. The van der Waals surface area contributed by atoms with Crippen LogP contribution in [-0.4, -0.2) is 33.0 Å². The molecular weight excluding hydrogens is 717 g/mol. The van der Waals surface area contributed by atoms with Crippen LogP contribution in [0.5, 0.6) is 0 Å². The van der Waals surface area contributed by atoms with E-state index in [9.17, 15) is 0 Å². The largest absolute Gasteiger partial charge is 0.287 e. The molecule has 59 heavy (non-hydrogen) atoms. The molecule has 5 aromatic rings. The Kier molecular flexibility index (Phi) is 10.2. The zero-order valence-corrected chi connectivity index (χ0v) is 39.7. The Morgan fingerprint density at radius 3 is 1.71 bits per heavy atom. The lowest BCUT2D eigenvalue weighted by Gasteiger charge is -2.75. The van der Waals surface area contributed by atoms with E-state index < -0.39 is 5.66 Å². The molecule has 3 aliphatic rings. The normalized spacial score (nSPS) is 21.1. The van der Waals surface area contributed by atoms with Gasteiger partial charge in [-0.2, -0.15) is 0 Å². The van der Waals surface area contributed by atoms with E-state index in [0.29, 0.717) is 24.2 Å². The minimum Gasteiger partial charge on any atom is -0.259 e. The zero-order chi connectivity index (χ0) is 42.8. The molecule has 3 heterocycles. The fourth-order valence-electron chi connectivity index (χ4n) is 13.1. The van der Waals surface area contributed by atoms with Gasteiger partial charge in [-0.1, -0.05) is 151 Å². The lowest BCUT2D eigenvalue weighted by molar-refractivity contribution is -0.790. The number of hydrogen-bond acceptors (Lipinski definition) is 3. The third-order valence-electron chi connectivity index (χ3n) is 15.5. The molecule has 4 aromatic carbocycles. The monoisotopic (exact) mass is 792 g/mol. The molecule has 1 aromatic heterocycles. The summed E-state index contributed by atoms with van der Waals surface area (Å²) in [5.74, 6) is 0.465. The van der Waals surface area contributed by atoms with Crippen LogP contribution in [0.4, 0.5) is 0 Å². The van der Waals surface area contributed by atoms with Gasteiger partial charge >= 0.3 is 0 Å². The molecule has 2 aliphatic heterocycles. The van der Waals surface area contributed by atoms with Gasteiger partial charge in [0, 0.05) is 34.2 Å². The lowest BCUT2D eigenvalue weighted by Crippen LogP contribution is -2.92. The molecule has 1 spiro atoms. The Balaban J connectivity index is 1.57. The topological polar surface area (TPSA) is 23.2 Å². The highest BCUT2D eigenvalue weighted by Gasteiger charge is 2.75. The first-order valence-electron chi connectivity index (χ1n) is 23.5. The van der Waals surface area contributed by atoms with Crippen molar-refractivity contribution in [1.82, 2.24) is 14.8 Å². The highest BCUT2D eigenvalue weighted by Crippen LogP contribution is 2.66. The minimum absolute atomic E-state index is 0.0382. The SMILES string of the molecule is CCCCCC(C)(C)c1cc2c(c3ccccc13)C(C)(C)c1c-2nc[n+]2c1-c1cc(C(C)(C)C)c3ccccc3c1C1(N(C(C)C)C(C(C)C)N1C(C)C)C2(CC)CC. The average Bonchev–Trinajstić information content (AvgIpc) is 3.40. The first kappa shape index (κ1) is 42.1. The van der Waals surface area contributed by atoms with Crippen molar-refractivity contribution in [2.24, 2.45) is 5.92 Å². The summed E-state index contributed by atoms with van der Waals surface area (Å²) < 4.78 is 2.75. The second-order valence-electron chi connectivity index (χ2n) is 21.8. The summed E-state index contributed by atoms with van der Waals surface area (Å²) >= 11 is 0. The summed E-state index contributed by atoms with van der Waals surface area (Å²) in [5.41, 5.74) is 11.5. The Morgan fingerprint density at radius 1 is 0.678 bits per heavy atom. The first-order valence-corrected chi connectivity index (χ1v) is 23.5. The Morgan fingerprint density at radius 2 is 1.20 bits per heavy atom. The Bertz CT molecular complexity index is 2420. The van der Waals surface area contributed by atoms with Crippen LogP contribution in [-0.2, 0) is 27.4 Å². The highest BCUT2D eigenvalue weighted by atomic mass is 15.6. The van der Waals surface area contributed by atoms with E-state index in [2.05, 4.69) is 192 Å². The second kappa shape index (κ2) is 14.2. The van der Waals surface area contributed by atoms with Crippen molar-refractivity contribution >= 4 is 21.5 Å². The molecule has 0 unspecified atom stereocenters. The van der Waals surface area contributed by atoms with E-state index in [0.717, 1.165) is 12.8 Å². The third-order valence-corrected chi connectivity index (χ3v) is 15.5. The molecule has 4 heteroatoms. The third kappa shape index (κ3) is 5.53. The number of fused-ring (bicyclic) bond motifs is 12. The van der Waals surface area contributed by atoms with Gasteiger partial charge in [-0.25, -0.2) is 4.57 Å². The molecule has 0 saturated carbocycles. The van der Waals surface area contributed by atoms with Gasteiger partial charge in [-0.05, 0) is 119 Å². The molecular formula is C55H75N4+. The van der Waals surface area contributed by atoms with E-state index in [1.54, 1.807) is 0 Å². The maximum Gasteiger partial charge on any atom is 0.287 e. The number of nitrogens with zero attached hydrogens (tertiary/aromatic N) is 4. The summed E-state index contributed by atoms with van der Waals surface area (Å²) in [4.78, 5) is 11.7. The molecule has 4 nitrogen and oxygen atoms in total. The van der Waals surface area contributed by atoms with E-state index in [4.69, 9.17) is 4.98 Å². The smallest absolute Gasteiger partial charge is 0.259 e. The van der Waals surface area contributed by atoms with Crippen LogP contribution in [0.15, 0.2) is 67.0 Å². The Hall–Kier alpha value is -3.60. The number of unbranched alkanes of at least 4 members (excludes halogenated alkanes) is 2. The van der Waals surface area contributed by atoms with Crippen LogP contribution in [0.25, 0.3) is 44.1 Å². The minimum atomic E-state index is -0.398. The van der Waals surface area contributed by atoms with Crippen molar-refractivity contribution < 1.29 is 4.57 Å². The van der Waals surface area contributed by atoms with E-state index >= 15 is 0 Å². The van der Waals surface area contributed by atoms with E-state index in [-0.39, 0.29) is 21.8 Å². The van der Waals surface area contributed by atoms with E-state index in [1.165, 1.54) is 97.6 Å². The standard InChI is InChI=1S/C55H75N4/c1-17-20-25-30-52(13,14)44-31-41-45(39-28-23-22-27-38(39)44)53(15,16)47-48(41)56-33-57-49(47)42-32-43(51(10,11)12)37-26-21-24-29-40(37)46(42)55(54(57,18-2)19-3)58(35(6)7)50(34(4)5)59(55)36(8)9/h21-24,26-29,31-36,50H,17-20,25,30H2,1-16H3/q+1. The van der Waals surface area contributed by atoms with Crippen LogP contribution in [0.1, 0.15) is 177 Å². The van der Waals surface area contributed by atoms with Crippen molar-refractivity contribution in [3.63, 3.8) is 0 Å². The van der Waals surface area contributed by atoms with Gasteiger partial charge in [0.1, 0.15) is 16.9 Å². The van der Waals surface area contributed by atoms with Crippen LogP contribution >= 0.6 is 0 Å². The highest BCUT2D eigenvalue weighted by molar-refractivity contribution is 6.02. The number of aromatic nitrogens is 2. The fraction of sp³-hybridized carbons (Fsp3) is 0.564. The van der Waals surface area contributed by atoms with Crippen molar-refractivity contribution in [2.45, 2.75) is 195 Å². The molecule has 1 aliphatic carbocycles. The summed E-state index contributed by atoms with van der Waals surface area (Å²) in [5, 5.41) is 5.59. The summed E-state index contributed by atoms with van der Waals surface area (Å²) in [6.07, 6.45) is 9.54. The zero-order valence-electron chi connectivity index (χ0n) is 39.7. The van der Waals surface area contributed by atoms with Gasteiger partial charge in [-0.3, -0.25) is 9.80 Å². The van der Waals surface area contributed by atoms with Crippen LogP contribution in [0, 0.1) is 5.92 Å². The summed E-state index contributed by atoms with van der Waals surface area (Å²) in [7, 11) is 0. The maximum absolute atomic E-state index is 5.76. The number of rotatable bonds is 10. The van der Waals surface area contributed by atoms with Crippen LogP contribution < -0.4 is 4.57 Å². The van der Waals surface area contributed by atoms with Gasteiger partial charge in [0.25, 0.3) is 6.33 Å². The average molecular weight is 792 g/mol. The van der Waals surface area contributed by atoms with Crippen LogP contribution in [0.2, 0.25) is 0 Å². The van der Waals surface area contributed by atoms with Crippen molar-refractivity contribution in [3.05, 3.63) is 94.8 Å². The molecule has 0 atom stereocenters. The lowest BCUT2D eigenvalue weighted by atomic mass is 9.60. The van der Waals surface area contributed by atoms with E-state index in [1.807, 2.05) is 0 Å². The molecule has 0 N–H and O–H groups in total. The molecule has 1 fully saturated rings. The molecule has 0 amide bonds. The molecule has 0 radical (unpaired) electrons. The van der Waals surface area contributed by atoms with Gasteiger partial charge in [0.05, 0.1) is 11.7 Å². The predicted octanol–water partition coefficient (Wildman–Crippen LogP) is 13.9. The summed E-state index contributed by atoms with van der Waals surface area (Å²) in [6, 6.07) is 24.7. The van der Waals surface area contributed by atoms with Crippen molar-refractivity contribution in [3.8, 4) is 22.5 Å². The van der Waals surface area contributed by atoms with Crippen molar-refractivity contribution in [1.29, 1.82) is 0 Å². The van der Waals surface area contributed by atoms with Gasteiger partial charge < -0.3 is 0 Å². The molecule has 314 valence electrons. The summed E-state index contributed by atoms with van der Waals surface area (Å²) in [6.45, 7) is 39.1. The molecule has 0 bridgehead atoms. The number of hydrogen-bond donors (Lipinski definition) is 0. The number of benzene rings is 4. The van der Waals surface area contributed by atoms with Crippen LogP contribution in [0.3, 0.4) is 0 Å². The van der Waals surface area contributed by atoms with Gasteiger partial charge in [0.15, 0.2) is 5.69 Å². The molecule has 1 saturated heterocycles. The first-order chi connectivity index (χ1) is 27.8. The fourth-order valence-corrected chi connectivity index (χ4v) is 13.1.